The van der Waals surface area contributed by atoms with E-state index in [0.717, 1.165) is 0 Å². The molecule has 0 atom stereocenters. The highest BCUT2D eigenvalue weighted by molar-refractivity contribution is 5.98. The van der Waals surface area contributed by atoms with Gasteiger partial charge in [-0.25, -0.2) is 0 Å². The number of rotatable bonds is 20. The van der Waals surface area contributed by atoms with Gasteiger partial charge in [0, 0.05) is 16.7 Å². The van der Waals surface area contributed by atoms with Crippen LogP contribution in [0.5, 0.6) is 17.2 Å². The molecule has 0 radical (unpaired) electrons. The summed E-state index contributed by atoms with van der Waals surface area (Å²) in [5.41, 5.74) is 18.4. The minimum absolute atomic E-state index is 0.00996. The van der Waals surface area contributed by atoms with E-state index in [2.05, 4.69) is 15.5 Å². The molecule has 3 rings (SSSR count). The summed E-state index contributed by atoms with van der Waals surface area (Å²) in [7, 11) is 0. The van der Waals surface area contributed by atoms with Gasteiger partial charge in [-0.15, -0.1) is 0 Å². The Bertz CT molecular complexity index is 1300. The highest BCUT2D eigenvalue weighted by atomic mass is 16.6. The molecular formula is C30H38N6O9. The Morgan fingerprint density at radius 1 is 0.489 bits per heavy atom. The predicted octanol–water partition coefficient (Wildman–Crippen LogP) is 1.93. The lowest BCUT2D eigenvalue weighted by molar-refractivity contribution is -0.0703. The Labute approximate surface area is 260 Å². The molecule has 45 heavy (non-hydrogen) atoms. The number of benzene rings is 3. The lowest BCUT2D eigenvalue weighted by Crippen LogP contribution is -2.29. The van der Waals surface area contributed by atoms with Crippen LogP contribution in [0.4, 0.5) is 0 Å². The van der Waals surface area contributed by atoms with Crippen molar-refractivity contribution < 1.29 is 44.0 Å². The molecule has 15 nitrogen and oxygen atoms in total. The van der Waals surface area contributed by atoms with Gasteiger partial charge in [0.25, 0.3) is 0 Å². The summed E-state index contributed by atoms with van der Waals surface area (Å²) < 4.78 is 34.6. The molecule has 0 spiro atoms. The fourth-order valence-electron chi connectivity index (χ4n) is 3.72. The molecule has 0 saturated heterocycles. The van der Waals surface area contributed by atoms with Crippen molar-refractivity contribution in [3.05, 3.63) is 89.5 Å². The molecule has 0 aromatic heterocycles. The average Bonchev–Trinajstić information content (AvgIpc) is 3.09. The lowest BCUT2D eigenvalue weighted by Gasteiger charge is -2.19. The Balaban J connectivity index is 1.41. The Morgan fingerprint density at radius 3 is 1.11 bits per heavy atom. The number of hydrogen-bond donors (Lipinski definition) is 6. The van der Waals surface area contributed by atoms with Crippen molar-refractivity contribution >= 4 is 17.5 Å². The quantitative estimate of drug-likeness (QED) is 0.0347. The van der Waals surface area contributed by atoms with Crippen LogP contribution in [0.15, 0.2) is 88.3 Å². The second-order valence-corrected chi connectivity index (χ2v) is 9.22. The number of amidine groups is 3. The van der Waals surface area contributed by atoms with Gasteiger partial charge >= 0.3 is 0 Å². The highest BCUT2D eigenvalue weighted by Gasteiger charge is 2.11. The van der Waals surface area contributed by atoms with Crippen molar-refractivity contribution in [2.45, 2.75) is 6.10 Å². The monoisotopic (exact) mass is 626 g/mol. The fourth-order valence-corrected chi connectivity index (χ4v) is 3.72. The maximum absolute atomic E-state index is 8.79. The fraction of sp³-hybridized carbons (Fsp3) is 0.300. The molecule has 0 aliphatic rings. The van der Waals surface area contributed by atoms with E-state index in [1.54, 1.807) is 72.8 Å². The van der Waals surface area contributed by atoms with Crippen LogP contribution >= 0.6 is 0 Å². The van der Waals surface area contributed by atoms with Gasteiger partial charge in [0.1, 0.15) is 43.2 Å². The van der Waals surface area contributed by atoms with E-state index in [-0.39, 0.29) is 43.9 Å². The number of oxime groups is 3. The highest BCUT2D eigenvalue weighted by Crippen LogP contribution is 2.14. The summed E-state index contributed by atoms with van der Waals surface area (Å²) >= 11 is 0. The molecule has 242 valence electrons. The number of nitrogens with two attached hydrogens (primary N) is 3. The zero-order chi connectivity index (χ0) is 32.3. The average molecular weight is 627 g/mol. The largest absolute Gasteiger partial charge is 0.491 e. The van der Waals surface area contributed by atoms with E-state index >= 15 is 0 Å². The van der Waals surface area contributed by atoms with Crippen LogP contribution in [-0.4, -0.2) is 92.1 Å². The summed E-state index contributed by atoms with van der Waals surface area (Å²) in [6.07, 6.45) is -0.392. The van der Waals surface area contributed by atoms with Crippen LogP contribution < -0.4 is 31.4 Å². The van der Waals surface area contributed by atoms with Gasteiger partial charge < -0.3 is 61.2 Å². The zero-order valence-electron chi connectivity index (χ0n) is 24.5. The predicted molar refractivity (Wildman–Crippen MR) is 165 cm³/mol. The SMILES string of the molecule is N/C(=N\O)c1ccc(OCCOCC(COCCOc2ccc(/C(N)=N/O)cc2)OCCOc2ccc(/C(N)=N/O)cc2)cc1. The van der Waals surface area contributed by atoms with Gasteiger partial charge in [0.05, 0.1) is 33.0 Å². The first-order valence-electron chi connectivity index (χ1n) is 13.8. The van der Waals surface area contributed by atoms with Gasteiger partial charge in [-0.05, 0) is 72.8 Å². The maximum Gasteiger partial charge on any atom is 0.170 e. The molecule has 0 aliphatic carbocycles. The molecule has 9 N–H and O–H groups in total. The molecule has 0 bridgehead atoms. The number of ether oxygens (including phenoxy) is 6. The number of nitrogens with zero attached hydrogens (tertiary/aromatic N) is 3. The third kappa shape index (κ3) is 12.1. The third-order valence-corrected chi connectivity index (χ3v) is 6.08. The Hall–Kier alpha value is -5.25. The Morgan fingerprint density at radius 2 is 0.800 bits per heavy atom. The molecule has 15 heteroatoms. The molecular weight excluding hydrogens is 588 g/mol. The normalized spacial score (nSPS) is 12.9. The lowest BCUT2D eigenvalue weighted by atomic mass is 10.2. The van der Waals surface area contributed by atoms with Crippen LogP contribution in [0.25, 0.3) is 0 Å². The van der Waals surface area contributed by atoms with Crippen molar-refractivity contribution in [1.82, 2.24) is 0 Å². The first-order valence-corrected chi connectivity index (χ1v) is 13.8. The molecule has 0 aliphatic heterocycles. The minimum atomic E-state index is -0.392. The van der Waals surface area contributed by atoms with Crippen LogP contribution in [-0.2, 0) is 14.2 Å². The topological polar surface area (TPSA) is 231 Å². The first-order chi connectivity index (χ1) is 21.9. The van der Waals surface area contributed by atoms with Crippen LogP contribution in [0.1, 0.15) is 16.7 Å². The van der Waals surface area contributed by atoms with Crippen molar-refractivity contribution in [2.24, 2.45) is 32.7 Å². The molecule has 3 aromatic rings. The smallest absolute Gasteiger partial charge is 0.170 e. The second kappa shape index (κ2) is 19.1. The van der Waals surface area contributed by atoms with E-state index in [9.17, 15) is 0 Å². The molecule has 0 amide bonds. The number of hydrogen-bond acceptors (Lipinski definition) is 12. The summed E-state index contributed by atoms with van der Waals surface area (Å²) in [5, 5.41) is 35.2. The van der Waals surface area contributed by atoms with Crippen molar-refractivity contribution in [3.8, 4) is 17.2 Å². The standard InChI is InChI=1S/C30H38N6O9/c31-28(34-37)21-1-7-24(8-2-21)42-15-13-40-19-27(45-18-17-44-26-11-5-23(6-12-26)30(33)36-39)20-41-14-16-43-25-9-3-22(4-10-25)29(32)35-38/h1-12,27,37-39H,13-20H2,(H2,31,34)(H2,32,35)(H2,33,36). The molecule has 0 heterocycles. The molecule has 0 saturated carbocycles. The maximum atomic E-state index is 8.79. The molecule has 0 unspecified atom stereocenters. The summed E-state index contributed by atoms with van der Waals surface area (Å²) in [6.45, 7) is 2.23. The van der Waals surface area contributed by atoms with Crippen molar-refractivity contribution in [3.63, 3.8) is 0 Å². The van der Waals surface area contributed by atoms with Crippen LogP contribution in [0.2, 0.25) is 0 Å². The Kier molecular flexibility index (Phi) is 14.5. The first kappa shape index (κ1) is 34.2. The summed E-state index contributed by atoms with van der Waals surface area (Å²) in [6, 6.07) is 20.4. The van der Waals surface area contributed by atoms with Crippen LogP contribution in [0.3, 0.4) is 0 Å². The van der Waals surface area contributed by atoms with E-state index in [4.69, 9.17) is 61.2 Å². The third-order valence-electron chi connectivity index (χ3n) is 6.08. The van der Waals surface area contributed by atoms with E-state index < -0.39 is 6.10 Å². The van der Waals surface area contributed by atoms with Gasteiger partial charge in [0.2, 0.25) is 0 Å². The van der Waals surface area contributed by atoms with Crippen molar-refractivity contribution in [1.29, 1.82) is 0 Å². The van der Waals surface area contributed by atoms with Gasteiger partial charge in [-0.2, -0.15) is 0 Å². The molecule has 0 fully saturated rings. The summed E-state index contributed by atoms with van der Waals surface area (Å²) in [4.78, 5) is 0. The van der Waals surface area contributed by atoms with E-state index in [1.807, 2.05) is 0 Å². The minimum Gasteiger partial charge on any atom is -0.491 e. The van der Waals surface area contributed by atoms with Gasteiger partial charge in [-0.3, -0.25) is 0 Å². The zero-order valence-corrected chi connectivity index (χ0v) is 24.5. The molecule has 3 aromatic carbocycles. The van der Waals surface area contributed by atoms with E-state index in [1.165, 1.54) is 0 Å². The summed E-state index contributed by atoms with van der Waals surface area (Å²) in [5.74, 6) is 1.86. The van der Waals surface area contributed by atoms with Gasteiger partial charge in [0.15, 0.2) is 17.5 Å². The van der Waals surface area contributed by atoms with Crippen LogP contribution in [0, 0.1) is 0 Å². The van der Waals surface area contributed by atoms with Crippen molar-refractivity contribution in [2.75, 3.05) is 52.9 Å². The van der Waals surface area contributed by atoms with E-state index in [0.29, 0.717) is 60.4 Å². The van der Waals surface area contributed by atoms with Gasteiger partial charge in [-0.1, -0.05) is 15.5 Å². The second-order valence-electron chi connectivity index (χ2n) is 9.22.